The molecular formula is C23H24N2O5. The summed E-state index contributed by atoms with van der Waals surface area (Å²) in [6, 6.07) is 12.0. The van der Waals surface area contributed by atoms with Crippen LogP contribution >= 0.6 is 0 Å². The van der Waals surface area contributed by atoms with Crippen LogP contribution in [0.3, 0.4) is 0 Å². The molecule has 7 heteroatoms. The van der Waals surface area contributed by atoms with Crippen molar-refractivity contribution in [3.05, 3.63) is 70.3 Å². The van der Waals surface area contributed by atoms with Gasteiger partial charge in [0.25, 0.3) is 5.91 Å². The highest BCUT2D eigenvalue weighted by Gasteiger charge is 2.37. The van der Waals surface area contributed by atoms with Crippen LogP contribution in [0.4, 0.5) is 0 Å². The lowest BCUT2D eigenvalue weighted by Gasteiger charge is -2.38. The van der Waals surface area contributed by atoms with Gasteiger partial charge in [-0.25, -0.2) is 4.79 Å². The van der Waals surface area contributed by atoms with Crippen molar-refractivity contribution in [3.8, 4) is 5.75 Å². The average Bonchev–Trinajstić information content (AvgIpc) is 2.75. The summed E-state index contributed by atoms with van der Waals surface area (Å²) >= 11 is 0. The predicted molar refractivity (Wildman–Crippen MR) is 111 cm³/mol. The van der Waals surface area contributed by atoms with E-state index < -0.39 is 17.3 Å². The Bertz CT molecular complexity index is 1120. The second kappa shape index (κ2) is 7.91. The topological polar surface area (TPSA) is 92.9 Å². The first-order chi connectivity index (χ1) is 14.4. The molecule has 1 atom stereocenters. The molecule has 1 fully saturated rings. The van der Waals surface area contributed by atoms with Crippen LogP contribution in [0.15, 0.2) is 57.9 Å². The van der Waals surface area contributed by atoms with Crippen molar-refractivity contribution >= 4 is 16.9 Å². The molecule has 0 saturated carbocycles. The second-order valence-electron chi connectivity index (χ2n) is 7.74. The number of aryl methyl sites for hydroxylation is 1. The molecule has 1 unspecified atom stereocenters. The molecular weight excluding hydrogens is 384 g/mol. The molecule has 7 nitrogen and oxygen atoms in total. The first-order valence-corrected chi connectivity index (χ1v) is 9.99. The Hall–Kier alpha value is -3.19. The quantitative estimate of drug-likeness (QED) is 0.668. The molecule has 0 spiro atoms. The number of nitrogens with zero attached hydrogens (tertiary/aromatic N) is 2. The van der Waals surface area contributed by atoms with E-state index in [2.05, 4.69) is 4.98 Å². The summed E-state index contributed by atoms with van der Waals surface area (Å²) in [5, 5.41) is 11.7. The van der Waals surface area contributed by atoms with Crippen LogP contribution in [0.2, 0.25) is 0 Å². The Morgan fingerprint density at radius 2 is 2.00 bits per heavy atom. The minimum atomic E-state index is -1.01. The first-order valence-electron chi connectivity index (χ1n) is 9.99. The van der Waals surface area contributed by atoms with Crippen molar-refractivity contribution in [2.24, 2.45) is 0 Å². The minimum Gasteiger partial charge on any atom is -0.481 e. The van der Waals surface area contributed by atoms with Gasteiger partial charge in [0.05, 0.1) is 5.69 Å². The van der Waals surface area contributed by atoms with Crippen LogP contribution in [0.25, 0.3) is 11.0 Å². The number of fused-ring (bicyclic) bond motifs is 1. The Labute approximate surface area is 173 Å². The van der Waals surface area contributed by atoms with Gasteiger partial charge in [-0.2, -0.15) is 0 Å². The number of rotatable bonds is 4. The van der Waals surface area contributed by atoms with Gasteiger partial charge in [0, 0.05) is 30.7 Å². The molecule has 1 saturated heterocycles. The van der Waals surface area contributed by atoms with Crippen molar-refractivity contribution in [1.29, 1.82) is 0 Å². The number of piperidine rings is 1. The van der Waals surface area contributed by atoms with Crippen LogP contribution < -0.4 is 10.4 Å². The zero-order valence-electron chi connectivity index (χ0n) is 17.0. The number of amides is 1. The molecule has 1 amide bonds. The van der Waals surface area contributed by atoms with Crippen LogP contribution in [-0.2, 0) is 10.4 Å². The molecule has 0 aliphatic carbocycles. The van der Waals surface area contributed by atoms with E-state index in [0.717, 1.165) is 10.9 Å². The number of pyridine rings is 1. The highest BCUT2D eigenvalue weighted by molar-refractivity contribution is 5.83. The normalized spacial score (nSPS) is 17.0. The molecule has 3 heterocycles. The molecule has 1 aliphatic heterocycles. The minimum absolute atomic E-state index is 0.130. The Morgan fingerprint density at radius 3 is 2.70 bits per heavy atom. The van der Waals surface area contributed by atoms with E-state index >= 15 is 0 Å². The van der Waals surface area contributed by atoms with Gasteiger partial charge in [-0.05, 0) is 62.6 Å². The van der Waals surface area contributed by atoms with Crippen molar-refractivity contribution in [2.45, 2.75) is 38.4 Å². The third kappa shape index (κ3) is 3.93. The maximum atomic E-state index is 12.9. The summed E-state index contributed by atoms with van der Waals surface area (Å²) in [7, 11) is 0. The standard InChI is InChI=1S/C23H24N2O5/c1-15-13-21(26)30-19-7-6-17(14-18(15)19)29-16(2)22(27)25-11-8-23(28,9-12-25)20-5-3-4-10-24-20/h3-7,10,13-14,16,28H,8-9,11-12H2,1-2H3. The third-order valence-corrected chi connectivity index (χ3v) is 5.63. The largest absolute Gasteiger partial charge is 0.481 e. The second-order valence-corrected chi connectivity index (χ2v) is 7.74. The summed E-state index contributed by atoms with van der Waals surface area (Å²) < 4.78 is 11.1. The van der Waals surface area contributed by atoms with Crippen molar-refractivity contribution in [1.82, 2.24) is 9.88 Å². The van der Waals surface area contributed by atoms with Crippen molar-refractivity contribution in [3.63, 3.8) is 0 Å². The van der Waals surface area contributed by atoms with E-state index in [1.165, 1.54) is 6.07 Å². The average molecular weight is 408 g/mol. The van der Waals surface area contributed by atoms with Gasteiger partial charge in [-0.15, -0.1) is 0 Å². The number of ether oxygens (including phenoxy) is 1. The van der Waals surface area contributed by atoms with E-state index in [1.807, 2.05) is 25.1 Å². The predicted octanol–water partition coefficient (Wildman–Crippen LogP) is 2.77. The summed E-state index contributed by atoms with van der Waals surface area (Å²) in [6.07, 6.45) is 1.84. The number of aromatic nitrogens is 1. The number of likely N-dealkylation sites (tertiary alicyclic amines) is 1. The Kier molecular flexibility index (Phi) is 5.30. The maximum absolute atomic E-state index is 12.9. The number of aliphatic hydroxyl groups is 1. The molecule has 1 aliphatic rings. The Morgan fingerprint density at radius 1 is 1.23 bits per heavy atom. The van der Waals surface area contributed by atoms with E-state index in [9.17, 15) is 14.7 Å². The smallest absolute Gasteiger partial charge is 0.336 e. The maximum Gasteiger partial charge on any atom is 0.336 e. The van der Waals surface area contributed by atoms with Crippen LogP contribution in [-0.4, -0.2) is 40.1 Å². The third-order valence-electron chi connectivity index (χ3n) is 5.63. The number of carbonyl (C=O) groups excluding carboxylic acids is 1. The van der Waals surface area contributed by atoms with Crippen molar-refractivity contribution < 1.29 is 19.1 Å². The van der Waals surface area contributed by atoms with Gasteiger partial charge >= 0.3 is 5.63 Å². The van der Waals surface area contributed by atoms with Gasteiger partial charge < -0.3 is 19.2 Å². The number of benzene rings is 1. The lowest BCUT2D eigenvalue weighted by Crippen LogP contribution is -2.49. The zero-order chi connectivity index (χ0) is 21.3. The summed E-state index contributed by atoms with van der Waals surface area (Å²) in [4.78, 5) is 30.3. The number of hydrogen-bond donors (Lipinski definition) is 1. The molecule has 3 aromatic rings. The summed E-state index contributed by atoms with van der Waals surface area (Å²) in [5.41, 5.74) is 0.501. The molecule has 156 valence electrons. The van der Waals surface area contributed by atoms with Gasteiger partial charge in [0.1, 0.15) is 16.9 Å². The number of carbonyl (C=O) groups is 1. The monoisotopic (exact) mass is 408 g/mol. The molecule has 4 rings (SSSR count). The molecule has 0 radical (unpaired) electrons. The molecule has 30 heavy (non-hydrogen) atoms. The summed E-state index contributed by atoms with van der Waals surface area (Å²) in [5.74, 6) is 0.400. The van der Waals surface area contributed by atoms with Crippen LogP contribution in [0, 0.1) is 6.92 Å². The van der Waals surface area contributed by atoms with E-state index in [4.69, 9.17) is 9.15 Å². The fourth-order valence-electron chi connectivity index (χ4n) is 3.87. The first kappa shape index (κ1) is 20.1. The molecule has 0 bridgehead atoms. The van der Waals surface area contributed by atoms with Gasteiger partial charge in [-0.3, -0.25) is 9.78 Å². The highest BCUT2D eigenvalue weighted by atomic mass is 16.5. The lowest BCUT2D eigenvalue weighted by molar-refractivity contribution is -0.142. The lowest BCUT2D eigenvalue weighted by atomic mass is 9.87. The van der Waals surface area contributed by atoms with Gasteiger partial charge in [-0.1, -0.05) is 6.07 Å². The fraction of sp³-hybridized carbons (Fsp3) is 0.348. The highest BCUT2D eigenvalue weighted by Crippen LogP contribution is 2.32. The van der Waals surface area contributed by atoms with Crippen LogP contribution in [0.5, 0.6) is 5.75 Å². The van der Waals surface area contributed by atoms with E-state index in [-0.39, 0.29) is 5.91 Å². The van der Waals surface area contributed by atoms with E-state index in [0.29, 0.717) is 43.0 Å². The van der Waals surface area contributed by atoms with Crippen molar-refractivity contribution in [2.75, 3.05) is 13.1 Å². The zero-order valence-corrected chi connectivity index (χ0v) is 17.0. The summed E-state index contributed by atoms with van der Waals surface area (Å²) in [6.45, 7) is 4.40. The van der Waals surface area contributed by atoms with E-state index in [1.54, 1.807) is 36.2 Å². The SMILES string of the molecule is Cc1cc(=O)oc2ccc(OC(C)C(=O)N3CCC(O)(c4ccccn4)CC3)cc12. The Balaban J connectivity index is 1.42. The fourth-order valence-corrected chi connectivity index (χ4v) is 3.87. The van der Waals surface area contributed by atoms with Crippen LogP contribution in [0.1, 0.15) is 31.0 Å². The van der Waals surface area contributed by atoms with Gasteiger partial charge in [0.2, 0.25) is 0 Å². The number of hydrogen-bond acceptors (Lipinski definition) is 6. The molecule has 2 aromatic heterocycles. The molecule has 1 N–H and O–H groups in total. The van der Waals surface area contributed by atoms with Gasteiger partial charge in [0.15, 0.2) is 6.10 Å². The molecule has 1 aromatic carbocycles.